The fraction of sp³-hybridized carbons (Fsp3) is 0.143. The molecule has 6 nitrogen and oxygen atoms in total. The van der Waals surface area contributed by atoms with Crippen molar-refractivity contribution in [1.29, 1.82) is 0 Å². The third-order valence-corrected chi connectivity index (χ3v) is 3.75. The summed E-state index contributed by atoms with van der Waals surface area (Å²) in [5.74, 6) is 0. The Morgan fingerprint density at radius 3 is 1.90 bits per heavy atom. The summed E-state index contributed by atoms with van der Waals surface area (Å²) in [6.45, 7) is 0. The zero-order valence-corrected chi connectivity index (χ0v) is 12.5. The zero-order chi connectivity index (χ0) is 15.3. The first kappa shape index (κ1) is 15.3. The van der Waals surface area contributed by atoms with E-state index in [-0.39, 0.29) is 4.90 Å². The van der Waals surface area contributed by atoms with Crippen molar-refractivity contribution in [1.82, 2.24) is 5.06 Å². The highest BCUT2D eigenvalue weighted by molar-refractivity contribution is 7.86. The Morgan fingerprint density at radius 2 is 1.38 bits per heavy atom. The van der Waals surface area contributed by atoms with Crippen molar-refractivity contribution in [3.63, 3.8) is 0 Å². The van der Waals surface area contributed by atoms with Gasteiger partial charge in [0.15, 0.2) is 0 Å². The fourth-order valence-corrected chi connectivity index (χ4v) is 2.48. The van der Waals surface area contributed by atoms with Crippen LogP contribution in [0.2, 0.25) is 0 Å². The van der Waals surface area contributed by atoms with Gasteiger partial charge in [0, 0.05) is 14.1 Å². The van der Waals surface area contributed by atoms with Crippen molar-refractivity contribution in [2.75, 3.05) is 14.1 Å². The van der Waals surface area contributed by atoms with Crippen molar-refractivity contribution in [3.05, 3.63) is 54.6 Å². The lowest BCUT2D eigenvalue weighted by molar-refractivity contribution is 0.00515. The molecule has 0 saturated carbocycles. The second-order valence-electron chi connectivity index (χ2n) is 4.37. The van der Waals surface area contributed by atoms with Crippen molar-refractivity contribution in [2.45, 2.75) is 4.90 Å². The maximum atomic E-state index is 11.8. The Labute approximate surface area is 123 Å². The molecule has 0 radical (unpaired) electrons. The van der Waals surface area contributed by atoms with E-state index in [1.54, 1.807) is 12.1 Å². The first-order valence-corrected chi connectivity index (χ1v) is 7.57. The number of hydrogen-bond acceptors (Lipinski definition) is 6. The molecule has 0 aliphatic carbocycles. The molecule has 0 fully saturated rings. The Kier molecular flexibility index (Phi) is 4.79. The van der Waals surface area contributed by atoms with Crippen LogP contribution in [0, 0.1) is 0 Å². The summed E-state index contributed by atoms with van der Waals surface area (Å²) in [5.41, 5.74) is 1.28. The van der Waals surface area contributed by atoms with Crippen LogP contribution >= 0.6 is 0 Å². The van der Waals surface area contributed by atoms with E-state index in [2.05, 4.69) is 10.2 Å². The second-order valence-corrected chi connectivity index (χ2v) is 5.90. The van der Waals surface area contributed by atoms with Gasteiger partial charge in [0.2, 0.25) is 0 Å². The molecule has 0 spiro atoms. The minimum Gasteiger partial charge on any atom is -0.192 e. The molecule has 2 aromatic carbocycles. The Morgan fingerprint density at radius 1 is 0.857 bits per heavy atom. The quantitative estimate of drug-likeness (QED) is 0.628. The van der Waals surface area contributed by atoms with Crippen LogP contribution in [0.25, 0.3) is 0 Å². The summed E-state index contributed by atoms with van der Waals surface area (Å²) < 4.78 is 28.4. The van der Waals surface area contributed by atoms with Crippen molar-refractivity contribution < 1.29 is 12.7 Å². The van der Waals surface area contributed by atoms with Crippen LogP contribution in [-0.4, -0.2) is 27.6 Å². The smallest absolute Gasteiger partial charge is 0.192 e. The van der Waals surface area contributed by atoms with Crippen molar-refractivity contribution >= 4 is 21.5 Å². The molecule has 0 heterocycles. The molecule has 0 unspecified atom stereocenters. The molecule has 7 heteroatoms. The molecule has 0 aromatic heterocycles. The topological polar surface area (TPSA) is 71.3 Å². The summed E-state index contributed by atoms with van der Waals surface area (Å²) in [4.78, 5) is 0.0647. The number of benzene rings is 2. The molecular formula is C14H15N3O3S. The van der Waals surface area contributed by atoms with Gasteiger partial charge in [-0.1, -0.05) is 18.2 Å². The first-order valence-electron chi connectivity index (χ1n) is 6.16. The number of nitrogens with zero attached hydrogens (tertiary/aromatic N) is 3. The highest BCUT2D eigenvalue weighted by Gasteiger charge is 2.16. The predicted molar refractivity (Wildman–Crippen MR) is 79.0 cm³/mol. The highest BCUT2D eigenvalue weighted by atomic mass is 32.2. The van der Waals surface area contributed by atoms with Crippen LogP contribution in [0.1, 0.15) is 0 Å². The van der Waals surface area contributed by atoms with E-state index in [0.29, 0.717) is 5.69 Å². The molecule has 0 atom stereocenters. The first-order chi connectivity index (χ1) is 9.97. The molecule has 21 heavy (non-hydrogen) atoms. The van der Waals surface area contributed by atoms with Crippen LogP contribution in [0.3, 0.4) is 0 Å². The van der Waals surface area contributed by atoms with Gasteiger partial charge in [0.25, 0.3) is 0 Å². The van der Waals surface area contributed by atoms with Crippen LogP contribution in [0.15, 0.2) is 69.7 Å². The Bertz CT molecular complexity index is 711. The number of rotatable bonds is 5. The van der Waals surface area contributed by atoms with Gasteiger partial charge < -0.3 is 0 Å². The largest absolute Gasteiger partial charge is 0.313 e. The molecule has 2 aromatic rings. The van der Waals surface area contributed by atoms with Crippen molar-refractivity contribution in [2.24, 2.45) is 10.2 Å². The second kappa shape index (κ2) is 6.57. The van der Waals surface area contributed by atoms with Gasteiger partial charge in [0.1, 0.15) is 0 Å². The maximum Gasteiger partial charge on any atom is 0.313 e. The Balaban J connectivity index is 2.14. The minimum atomic E-state index is -3.79. The molecule has 2 rings (SSSR count). The summed E-state index contributed by atoms with van der Waals surface area (Å²) in [6.07, 6.45) is 0. The van der Waals surface area contributed by atoms with E-state index < -0.39 is 10.1 Å². The Hall–Kier alpha value is -2.09. The van der Waals surface area contributed by atoms with E-state index in [4.69, 9.17) is 4.28 Å². The molecule has 110 valence electrons. The summed E-state index contributed by atoms with van der Waals surface area (Å²) in [6, 6.07) is 15.3. The average Bonchev–Trinajstić information content (AvgIpc) is 2.45. The molecular weight excluding hydrogens is 290 g/mol. The van der Waals surface area contributed by atoms with Crippen LogP contribution in [0.4, 0.5) is 11.4 Å². The fourth-order valence-electron chi connectivity index (χ4n) is 1.53. The number of hydroxylamine groups is 2. The van der Waals surface area contributed by atoms with Crippen molar-refractivity contribution in [3.8, 4) is 0 Å². The average molecular weight is 305 g/mol. The van der Waals surface area contributed by atoms with Gasteiger partial charge >= 0.3 is 10.1 Å². The van der Waals surface area contributed by atoms with E-state index in [0.717, 1.165) is 10.8 Å². The summed E-state index contributed by atoms with van der Waals surface area (Å²) in [5, 5.41) is 9.22. The molecule has 0 amide bonds. The molecule has 0 N–H and O–H groups in total. The summed E-state index contributed by atoms with van der Waals surface area (Å²) in [7, 11) is -0.790. The van der Waals surface area contributed by atoms with E-state index in [1.807, 2.05) is 30.3 Å². The third-order valence-electron chi connectivity index (χ3n) is 2.41. The van der Waals surface area contributed by atoms with Gasteiger partial charge in [-0.05, 0) is 36.4 Å². The molecule has 0 aliphatic heterocycles. The number of hydrogen-bond donors (Lipinski definition) is 0. The normalized spacial score (nSPS) is 12.1. The van der Waals surface area contributed by atoms with Gasteiger partial charge in [-0.25, -0.2) is 0 Å². The van der Waals surface area contributed by atoms with Crippen LogP contribution in [0.5, 0.6) is 0 Å². The van der Waals surface area contributed by atoms with Gasteiger partial charge in [-0.15, -0.1) is 0 Å². The van der Waals surface area contributed by atoms with Gasteiger partial charge in [-0.2, -0.15) is 28.0 Å². The number of azo groups is 1. The lowest BCUT2D eigenvalue weighted by Gasteiger charge is -2.10. The van der Waals surface area contributed by atoms with Gasteiger partial charge in [0.05, 0.1) is 16.3 Å². The standard InChI is InChI=1S/C14H15N3O3S/c1-17(2)20-21(18,19)14-10-8-13(9-11-14)16-15-12-6-4-3-5-7-12/h3-11H,1-2H3. The molecule has 0 saturated heterocycles. The maximum absolute atomic E-state index is 11.8. The van der Waals surface area contributed by atoms with Gasteiger partial charge in [-0.3, -0.25) is 0 Å². The molecule has 0 bridgehead atoms. The van der Waals surface area contributed by atoms with E-state index in [9.17, 15) is 8.42 Å². The lowest BCUT2D eigenvalue weighted by Crippen LogP contribution is -2.18. The minimum absolute atomic E-state index is 0.0647. The SMILES string of the molecule is CN(C)OS(=O)(=O)c1ccc(N=Nc2ccccc2)cc1. The zero-order valence-electron chi connectivity index (χ0n) is 11.7. The molecule has 0 aliphatic rings. The summed E-state index contributed by atoms with van der Waals surface area (Å²) >= 11 is 0. The van der Waals surface area contributed by atoms with E-state index >= 15 is 0 Å². The van der Waals surface area contributed by atoms with Crippen LogP contribution in [-0.2, 0) is 14.4 Å². The third kappa shape index (κ3) is 4.45. The monoisotopic (exact) mass is 305 g/mol. The van der Waals surface area contributed by atoms with E-state index in [1.165, 1.54) is 26.2 Å². The van der Waals surface area contributed by atoms with Crippen LogP contribution < -0.4 is 0 Å². The highest BCUT2D eigenvalue weighted by Crippen LogP contribution is 2.21. The predicted octanol–water partition coefficient (Wildman–Crippen LogP) is 3.28. The lowest BCUT2D eigenvalue weighted by atomic mass is 10.3.